The number of piperazine rings is 1. The van der Waals surface area contributed by atoms with E-state index >= 15 is 0 Å². The fourth-order valence-electron chi connectivity index (χ4n) is 3.51. The average molecular weight is 421 g/mol. The monoisotopic (exact) mass is 421 g/mol. The molecule has 9 heteroatoms. The van der Waals surface area contributed by atoms with Crippen LogP contribution < -0.4 is 0 Å². The summed E-state index contributed by atoms with van der Waals surface area (Å²) in [4.78, 5) is 5.66. The van der Waals surface area contributed by atoms with Crippen molar-refractivity contribution in [3.8, 4) is 0 Å². The Hall–Kier alpha value is -2.49. The number of sulfonamides is 1. The van der Waals surface area contributed by atoms with Gasteiger partial charge in [-0.1, -0.05) is 24.3 Å². The van der Waals surface area contributed by atoms with Crippen LogP contribution in [0.2, 0.25) is 0 Å². The van der Waals surface area contributed by atoms with Gasteiger partial charge in [-0.2, -0.15) is 4.31 Å². The summed E-state index contributed by atoms with van der Waals surface area (Å²) in [6.07, 6.45) is 1.73. The van der Waals surface area contributed by atoms with Gasteiger partial charge in [-0.3, -0.25) is 9.88 Å². The van der Waals surface area contributed by atoms with E-state index in [0.29, 0.717) is 25.7 Å². The Labute approximate surface area is 166 Å². The average Bonchev–Trinajstić information content (AvgIpc) is 2.72. The highest BCUT2D eigenvalue weighted by atomic mass is 32.2. The SMILES string of the molecule is O=S(=O)(c1ccc(F)c(F)c1F)N1CCN(Cc2cccc3cccnc23)CC1. The lowest BCUT2D eigenvalue weighted by Gasteiger charge is -2.34. The number of nitrogens with zero attached hydrogens (tertiary/aromatic N) is 3. The fraction of sp³-hybridized carbons (Fsp3) is 0.250. The van der Waals surface area contributed by atoms with E-state index in [4.69, 9.17) is 0 Å². The summed E-state index contributed by atoms with van der Waals surface area (Å²) in [6.45, 7) is 1.70. The van der Waals surface area contributed by atoms with E-state index in [2.05, 4.69) is 9.88 Å². The molecule has 1 aromatic heterocycles. The number of benzene rings is 2. The molecule has 1 fully saturated rings. The molecule has 0 bridgehead atoms. The standard InChI is InChI=1S/C20H18F3N3O2S/c21-16-6-7-17(19(23)18(16)22)29(27,28)26-11-9-25(10-12-26)13-15-4-1-3-14-5-2-8-24-20(14)15/h1-8H,9-13H2. The van der Waals surface area contributed by atoms with E-state index in [1.807, 2.05) is 30.3 Å². The predicted molar refractivity (Wildman–Crippen MR) is 102 cm³/mol. The minimum Gasteiger partial charge on any atom is -0.296 e. The third-order valence-corrected chi connectivity index (χ3v) is 6.98. The van der Waals surface area contributed by atoms with Crippen LogP contribution in [0.15, 0.2) is 53.6 Å². The number of rotatable bonds is 4. The Morgan fingerprint density at radius 1 is 0.897 bits per heavy atom. The Morgan fingerprint density at radius 3 is 2.38 bits per heavy atom. The maximum Gasteiger partial charge on any atom is 0.246 e. The first-order chi connectivity index (χ1) is 13.9. The molecule has 3 aromatic rings. The molecular formula is C20H18F3N3O2S. The van der Waals surface area contributed by atoms with Crippen molar-refractivity contribution in [1.29, 1.82) is 0 Å². The highest BCUT2D eigenvalue weighted by Crippen LogP contribution is 2.25. The van der Waals surface area contributed by atoms with Gasteiger partial charge in [-0.25, -0.2) is 21.6 Å². The summed E-state index contributed by atoms with van der Waals surface area (Å²) in [5, 5.41) is 1.03. The molecule has 1 saturated heterocycles. The van der Waals surface area contributed by atoms with Crippen molar-refractivity contribution < 1.29 is 21.6 Å². The smallest absolute Gasteiger partial charge is 0.246 e. The van der Waals surface area contributed by atoms with Gasteiger partial charge in [0.15, 0.2) is 17.5 Å². The second-order valence-electron chi connectivity index (χ2n) is 6.85. The first-order valence-electron chi connectivity index (χ1n) is 9.06. The van der Waals surface area contributed by atoms with E-state index in [1.54, 1.807) is 6.20 Å². The summed E-state index contributed by atoms with van der Waals surface area (Å²) in [5.74, 6) is -4.89. The van der Waals surface area contributed by atoms with Gasteiger partial charge >= 0.3 is 0 Å². The molecule has 2 heterocycles. The van der Waals surface area contributed by atoms with Crippen LogP contribution in [0.5, 0.6) is 0 Å². The minimum absolute atomic E-state index is 0.124. The third kappa shape index (κ3) is 3.73. The van der Waals surface area contributed by atoms with E-state index in [1.165, 1.54) is 0 Å². The van der Waals surface area contributed by atoms with Gasteiger partial charge in [0, 0.05) is 44.3 Å². The highest BCUT2D eigenvalue weighted by molar-refractivity contribution is 7.89. The lowest BCUT2D eigenvalue weighted by atomic mass is 10.1. The molecule has 0 unspecified atom stereocenters. The van der Waals surface area contributed by atoms with Crippen LogP contribution >= 0.6 is 0 Å². The lowest BCUT2D eigenvalue weighted by Crippen LogP contribution is -2.48. The zero-order valence-electron chi connectivity index (χ0n) is 15.4. The van der Waals surface area contributed by atoms with Crippen LogP contribution in [0.25, 0.3) is 10.9 Å². The van der Waals surface area contributed by atoms with Gasteiger partial charge in [0.25, 0.3) is 0 Å². The number of fused-ring (bicyclic) bond motifs is 1. The second-order valence-corrected chi connectivity index (χ2v) is 8.75. The van der Waals surface area contributed by atoms with Crippen LogP contribution in [-0.4, -0.2) is 48.8 Å². The molecule has 0 saturated carbocycles. The molecule has 29 heavy (non-hydrogen) atoms. The summed E-state index contributed by atoms with van der Waals surface area (Å²) in [7, 11) is -4.25. The largest absolute Gasteiger partial charge is 0.296 e. The summed E-state index contributed by atoms with van der Waals surface area (Å²) >= 11 is 0. The van der Waals surface area contributed by atoms with E-state index in [-0.39, 0.29) is 13.1 Å². The molecule has 2 aromatic carbocycles. The molecule has 1 aliphatic rings. The van der Waals surface area contributed by atoms with Crippen molar-refractivity contribution in [1.82, 2.24) is 14.2 Å². The number of pyridine rings is 1. The lowest BCUT2D eigenvalue weighted by molar-refractivity contribution is 0.181. The minimum atomic E-state index is -4.25. The van der Waals surface area contributed by atoms with E-state index < -0.39 is 32.4 Å². The van der Waals surface area contributed by atoms with Crippen molar-refractivity contribution in [2.75, 3.05) is 26.2 Å². The second kappa shape index (κ2) is 7.74. The fourth-order valence-corrected chi connectivity index (χ4v) is 4.99. The summed E-state index contributed by atoms with van der Waals surface area (Å²) in [6, 6.07) is 11.1. The Kier molecular flexibility index (Phi) is 5.28. The van der Waals surface area contributed by atoms with Gasteiger partial charge in [0.05, 0.1) is 5.52 Å². The van der Waals surface area contributed by atoms with Crippen LogP contribution in [0.3, 0.4) is 0 Å². The molecule has 5 nitrogen and oxygen atoms in total. The molecule has 0 spiro atoms. The Morgan fingerprint density at radius 2 is 1.62 bits per heavy atom. The zero-order chi connectivity index (χ0) is 20.6. The van der Waals surface area contributed by atoms with Crippen molar-refractivity contribution in [2.24, 2.45) is 0 Å². The van der Waals surface area contributed by atoms with Gasteiger partial charge in [0.2, 0.25) is 10.0 Å². The summed E-state index contributed by atoms with van der Waals surface area (Å²) in [5.41, 5.74) is 1.93. The molecule has 152 valence electrons. The Bertz CT molecular complexity index is 1160. The molecule has 0 radical (unpaired) electrons. The zero-order valence-corrected chi connectivity index (χ0v) is 16.2. The molecule has 0 N–H and O–H groups in total. The highest BCUT2D eigenvalue weighted by Gasteiger charge is 2.32. The number of halogens is 3. The van der Waals surface area contributed by atoms with Crippen LogP contribution in [0.4, 0.5) is 13.2 Å². The molecule has 0 amide bonds. The van der Waals surface area contributed by atoms with Crippen LogP contribution in [-0.2, 0) is 16.6 Å². The van der Waals surface area contributed by atoms with E-state index in [0.717, 1.165) is 26.8 Å². The van der Waals surface area contributed by atoms with Crippen molar-refractivity contribution in [3.05, 3.63) is 71.7 Å². The first kappa shape index (κ1) is 19.8. The molecule has 4 rings (SSSR count). The summed E-state index contributed by atoms with van der Waals surface area (Å²) < 4.78 is 67.0. The first-order valence-corrected chi connectivity index (χ1v) is 10.5. The molecule has 0 aliphatic carbocycles. The normalized spacial score (nSPS) is 16.4. The molecule has 0 atom stereocenters. The number of para-hydroxylation sites is 1. The third-order valence-electron chi connectivity index (χ3n) is 5.06. The maximum absolute atomic E-state index is 14.0. The quantitative estimate of drug-likeness (QED) is 0.608. The topological polar surface area (TPSA) is 53.5 Å². The Balaban J connectivity index is 1.49. The predicted octanol–water partition coefficient (Wildman–Crippen LogP) is 3.16. The number of aromatic nitrogens is 1. The van der Waals surface area contributed by atoms with Crippen molar-refractivity contribution in [2.45, 2.75) is 11.4 Å². The number of hydrogen-bond acceptors (Lipinski definition) is 4. The van der Waals surface area contributed by atoms with Crippen molar-refractivity contribution >= 4 is 20.9 Å². The van der Waals surface area contributed by atoms with E-state index in [9.17, 15) is 21.6 Å². The molecular weight excluding hydrogens is 403 g/mol. The van der Waals surface area contributed by atoms with Gasteiger partial charge in [0.1, 0.15) is 4.90 Å². The van der Waals surface area contributed by atoms with Gasteiger partial charge < -0.3 is 0 Å². The van der Waals surface area contributed by atoms with Gasteiger partial charge in [-0.15, -0.1) is 0 Å². The van der Waals surface area contributed by atoms with Gasteiger partial charge in [-0.05, 0) is 23.8 Å². The molecule has 1 aliphatic heterocycles. The number of hydrogen-bond donors (Lipinski definition) is 0. The van der Waals surface area contributed by atoms with Crippen LogP contribution in [0, 0.1) is 17.5 Å². The maximum atomic E-state index is 14.0. The van der Waals surface area contributed by atoms with Crippen LogP contribution in [0.1, 0.15) is 5.56 Å². The van der Waals surface area contributed by atoms with Crippen molar-refractivity contribution in [3.63, 3.8) is 0 Å².